The van der Waals surface area contributed by atoms with Crippen molar-refractivity contribution in [3.05, 3.63) is 109 Å². The highest BCUT2D eigenvalue weighted by Gasteiger charge is 2.17. The smallest absolute Gasteiger partial charge is 0.136 e. The van der Waals surface area contributed by atoms with Crippen molar-refractivity contribution in [3.8, 4) is 11.1 Å². The predicted molar refractivity (Wildman–Crippen MR) is 140 cm³/mol. The Morgan fingerprint density at radius 2 is 1.03 bits per heavy atom. The van der Waals surface area contributed by atoms with Gasteiger partial charge in [0.25, 0.3) is 0 Å². The third kappa shape index (κ3) is 2.26. The molecule has 0 bridgehead atoms. The molecule has 8 aromatic rings. The van der Waals surface area contributed by atoms with E-state index in [1.165, 1.54) is 65.0 Å². The zero-order valence-electron chi connectivity index (χ0n) is 17.8. The quantitative estimate of drug-likeness (QED) is 0.242. The van der Waals surface area contributed by atoms with Crippen LogP contribution in [-0.4, -0.2) is 0 Å². The van der Waals surface area contributed by atoms with Crippen molar-refractivity contribution in [2.24, 2.45) is 0 Å². The monoisotopic (exact) mass is 418 g/mol. The van der Waals surface area contributed by atoms with Crippen LogP contribution in [0.1, 0.15) is 0 Å². The second-order valence-electron chi connectivity index (χ2n) is 8.95. The molecule has 0 fully saturated rings. The van der Waals surface area contributed by atoms with Gasteiger partial charge in [0.05, 0.1) is 0 Å². The van der Waals surface area contributed by atoms with E-state index in [-0.39, 0.29) is 0 Å². The number of fused-ring (bicyclic) bond motifs is 4. The molecule has 152 valence electrons. The number of hydrogen-bond acceptors (Lipinski definition) is 1. The standard InChI is InChI=1S/C32H18O/c1-2-6-23-18-29-27(17-22(23)5-1)32-25(9-4-10-28(32)33-29)24-15-13-21-12-11-19-7-3-8-20-14-16-26(24)31(21)30(19)20/h1-18H. The molecular formula is C32H18O. The van der Waals surface area contributed by atoms with Gasteiger partial charge in [-0.2, -0.15) is 0 Å². The molecule has 0 unspecified atom stereocenters. The third-order valence-electron chi connectivity index (χ3n) is 7.18. The number of benzene rings is 7. The third-order valence-corrected chi connectivity index (χ3v) is 7.18. The van der Waals surface area contributed by atoms with Gasteiger partial charge in [-0.15, -0.1) is 0 Å². The molecule has 0 aliphatic rings. The Morgan fingerprint density at radius 1 is 0.364 bits per heavy atom. The fraction of sp³-hybridized carbons (Fsp3) is 0. The second-order valence-corrected chi connectivity index (χ2v) is 8.95. The summed E-state index contributed by atoms with van der Waals surface area (Å²) in [5, 5.41) is 12.7. The average Bonchev–Trinajstić information content (AvgIpc) is 3.23. The minimum Gasteiger partial charge on any atom is -0.456 e. The molecule has 0 N–H and O–H groups in total. The van der Waals surface area contributed by atoms with E-state index < -0.39 is 0 Å². The summed E-state index contributed by atoms with van der Waals surface area (Å²) >= 11 is 0. The van der Waals surface area contributed by atoms with Crippen LogP contribution in [0, 0.1) is 0 Å². The fourth-order valence-corrected chi connectivity index (χ4v) is 5.71. The summed E-state index contributed by atoms with van der Waals surface area (Å²) in [6.07, 6.45) is 0. The van der Waals surface area contributed by atoms with Gasteiger partial charge in [-0.1, -0.05) is 91.0 Å². The summed E-state index contributed by atoms with van der Waals surface area (Å²) in [4.78, 5) is 0. The zero-order valence-corrected chi connectivity index (χ0v) is 17.8. The van der Waals surface area contributed by atoms with Gasteiger partial charge in [-0.05, 0) is 72.4 Å². The van der Waals surface area contributed by atoms with E-state index in [1.54, 1.807) is 0 Å². The van der Waals surface area contributed by atoms with E-state index in [0.29, 0.717) is 0 Å². The minimum atomic E-state index is 0.934. The molecule has 0 spiro atoms. The fourth-order valence-electron chi connectivity index (χ4n) is 5.71. The number of rotatable bonds is 1. The molecule has 7 aromatic carbocycles. The van der Waals surface area contributed by atoms with Crippen molar-refractivity contribution in [3.63, 3.8) is 0 Å². The van der Waals surface area contributed by atoms with Gasteiger partial charge in [0.1, 0.15) is 11.2 Å². The SMILES string of the molecule is c1ccc2cc3c(cc2c1)oc1cccc(-c2ccc4ccc5cccc6ccc2c4c56)c13. The maximum Gasteiger partial charge on any atom is 0.136 e. The normalized spacial score (nSPS) is 12.2. The maximum absolute atomic E-state index is 6.35. The molecule has 0 aliphatic heterocycles. The summed E-state index contributed by atoms with van der Waals surface area (Å²) < 4.78 is 6.35. The molecule has 1 aromatic heterocycles. The van der Waals surface area contributed by atoms with Gasteiger partial charge in [0.15, 0.2) is 0 Å². The Hall–Kier alpha value is -4.36. The highest BCUT2D eigenvalue weighted by atomic mass is 16.3. The Balaban J connectivity index is 1.54. The van der Waals surface area contributed by atoms with Gasteiger partial charge < -0.3 is 4.42 Å². The van der Waals surface area contributed by atoms with Gasteiger partial charge in [0.2, 0.25) is 0 Å². The largest absolute Gasteiger partial charge is 0.456 e. The minimum absolute atomic E-state index is 0.934. The summed E-state index contributed by atoms with van der Waals surface area (Å²) in [6.45, 7) is 0. The second kappa shape index (κ2) is 6.11. The number of furan rings is 1. The van der Waals surface area contributed by atoms with Crippen molar-refractivity contribution >= 4 is 65.0 Å². The molecule has 0 atom stereocenters. The average molecular weight is 418 g/mol. The van der Waals surface area contributed by atoms with Crippen molar-refractivity contribution in [2.45, 2.75) is 0 Å². The van der Waals surface area contributed by atoms with E-state index >= 15 is 0 Å². The van der Waals surface area contributed by atoms with Crippen LogP contribution in [0.3, 0.4) is 0 Å². The van der Waals surface area contributed by atoms with Crippen LogP contribution in [-0.2, 0) is 0 Å². The van der Waals surface area contributed by atoms with Gasteiger partial charge in [0, 0.05) is 10.8 Å². The first-order valence-electron chi connectivity index (χ1n) is 11.4. The first-order chi connectivity index (χ1) is 16.3. The lowest BCUT2D eigenvalue weighted by Gasteiger charge is -2.14. The Labute approximate surface area is 189 Å². The topological polar surface area (TPSA) is 13.1 Å². The molecule has 0 saturated carbocycles. The molecule has 1 heteroatoms. The van der Waals surface area contributed by atoms with Crippen LogP contribution in [0.4, 0.5) is 0 Å². The highest BCUT2D eigenvalue weighted by Crippen LogP contribution is 2.43. The molecular weight excluding hydrogens is 400 g/mol. The van der Waals surface area contributed by atoms with Crippen LogP contribution in [0.15, 0.2) is 114 Å². The molecule has 0 aliphatic carbocycles. The van der Waals surface area contributed by atoms with Gasteiger partial charge in [-0.25, -0.2) is 0 Å². The lowest BCUT2D eigenvalue weighted by atomic mass is 9.88. The first kappa shape index (κ1) is 17.2. The van der Waals surface area contributed by atoms with E-state index in [4.69, 9.17) is 4.42 Å². The highest BCUT2D eigenvalue weighted by molar-refractivity contribution is 6.27. The van der Waals surface area contributed by atoms with Crippen LogP contribution >= 0.6 is 0 Å². The Bertz CT molecular complexity index is 2010. The van der Waals surface area contributed by atoms with Crippen molar-refractivity contribution in [1.29, 1.82) is 0 Å². The van der Waals surface area contributed by atoms with E-state index in [9.17, 15) is 0 Å². The molecule has 8 rings (SSSR count). The molecule has 33 heavy (non-hydrogen) atoms. The van der Waals surface area contributed by atoms with E-state index in [2.05, 4.69) is 109 Å². The van der Waals surface area contributed by atoms with Crippen LogP contribution in [0.5, 0.6) is 0 Å². The Morgan fingerprint density at radius 3 is 1.88 bits per heavy atom. The molecule has 0 radical (unpaired) electrons. The lowest BCUT2D eigenvalue weighted by Crippen LogP contribution is -1.87. The van der Waals surface area contributed by atoms with Crippen molar-refractivity contribution in [1.82, 2.24) is 0 Å². The van der Waals surface area contributed by atoms with E-state index in [1.807, 2.05) is 0 Å². The van der Waals surface area contributed by atoms with Crippen LogP contribution < -0.4 is 0 Å². The first-order valence-corrected chi connectivity index (χ1v) is 11.4. The van der Waals surface area contributed by atoms with Crippen molar-refractivity contribution < 1.29 is 4.42 Å². The summed E-state index contributed by atoms with van der Waals surface area (Å²) in [6, 6.07) is 39.5. The Kier molecular flexibility index (Phi) is 3.19. The molecule has 1 nitrogen and oxygen atoms in total. The maximum atomic E-state index is 6.35. The molecule has 0 amide bonds. The summed E-state index contributed by atoms with van der Waals surface area (Å²) in [5.74, 6) is 0. The van der Waals surface area contributed by atoms with Crippen LogP contribution in [0.2, 0.25) is 0 Å². The molecule has 0 saturated heterocycles. The number of hydrogen-bond donors (Lipinski definition) is 0. The zero-order chi connectivity index (χ0) is 21.5. The summed E-state index contributed by atoms with van der Waals surface area (Å²) in [5.41, 5.74) is 4.35. The van der Waals surface area contributed by atoms with Gasteiger partial charge >= 0.3 is 0 Å². The predicted octanol–water partition coefficient (Wildman–Crippen LogP) is 9.30. The van der Waals surface area contributed by atoms with Crippen LogP contribution in [0.25, 0.3) is 76.2 Å². The van der Waals surface area contributed by atoms with Crippen molar-refractivity contribution in [2.75, 3.05) is 0 Å². The summed E-state index contributed by atoms with van der Waals surface area (Å²) in [7, 11) is 0. The van der Waals surface area contributed by atoms with Gasteiger partial charge in [-0.3, -0.25) is 0 Å². The van der Waals surface area contributed by atoms with E-state index in [0.717, 1.165) is 11.2 Å². The molecule has 1 heterocycles. The lowest BCUT2D eigenvalue weighted by molar-refractivity contribution is 0.669.